The maximum atomic E-state index is 12.1. The highest BCUT2D eigenvalue weighted by atomic mass is 16.5. The number of amides is 1. The first kappa shape index (κ1) is 15.5. The van der Waals surface area contributed by atoms with Crippen LogP contribution in [0.1, 0.15) is 33.6 Å². The van der Waals surface area contributed by atoms with Gasteiger partial charge in [-0.1, -0.05) is 25.1 Å². The molecule has 1 rings (SSSR count). The molecular weight excluding hydrogens is 242 g/mol. The largest absolute Gasteiger partial charge is 0.481 e. The zero-order valence-electron chi connectivity index (χ0n) is 11.8. The summed E-state index contributed by atoms with van der Waals surface area (Å²) in [5.74, 6) is 0.548. The van der Waals surface area contributed by atoms with Crippen LogP contribution in [-0.2, 0) is 4.79 Å². The molecule has 1 aromatic carbocycles. The average Bonchev–Trinajstić information content (AvgIpc) is 2.35. The number of benzene rings is 1. The Bertz CT molecular complexity index is 378. The Labute approximate surface area is 114 Å². The third kappa shape index (κ3) is 5.75. The Morgan fingerprint density at radius 2 is 1.95 bits per heavy atom. The fourth-order valence-electron chi connectivity index (χ4n) is 1.89. The molecule has 0 bridgehead atoms. The van der Waals surface area contributed by atoms with Crippen molar-refractivity contribution in [3.05, 3.63) is 30.3 Å². The van der Waals surface area contributed by atoms with Crippen LogP contribution < -0.4 is 10.1 Å². The van der Waals surface area contributed by atoms with E-state index in [0.29, 0.717) is 18.6 Å². The highest BCUT2D eigenvalue weighted by Gasteiger charge is 2.20. The van der Waals surface area contributed by atoms with Gasteiger partial charge in [0.05, 0.1) is 6.10 Å². The lowest BCUT2D eigenvalue weighted by Gasteiger charge is -2.21. The van der Waals surface area contributed by atoms with Gasteiger partial charge in [-0.3, -0.25) is 4.79 Å². The maximum absolute atomic E-state index is 12.1. The van der Waals surface area contributed by atoms with E-state index >= 15 is 0 Å². The molecule has 4 heteroatoms. The Morgan fingerprint density at radius 1 is 1.32 bits per heavy atom. The highest BCUT2D eigenvalue weighted by molar-refractivity contribution is 5.81. The molecular formula is C15H23NO3. The van der Waals surface area contributed by atoms with Gasteiger partial charge < -0.3 is 15.2 Å². The second kappa shape index (κ2) is 7.79. The van der Waals surface area contributed by atoms with Crippen LogP contribution in [-0.4, -0.2) is 29.3 Å². The maximum Gasteiger partial charge on any atom is 0.261 e. The molecule has 106 valence electrons. The van der Waals surface area contributed by atoms with Crippen molar-refractivity contribution in [3.8, 4) is 5.75 Å². The van der Waals surface area contributed by atoms with Crippen molar-refractivity contribution in [2.24, 2.45) is 0 Å². The molecule has 0 radical (unpaired) electrons. The number of ether oxygens (including phenoxy) is 1. The molecule has 3 atom stereocenters. The van der Waals surface area contributed by atoms with E-state index in [2.05, 4.69) is 5.32 Å². The van der Waals surface area contributed by atoms with E-state index < -0.39 is 12.2 Å². The summed E-state index contributed by atoms with van der Waals surface area (Å²) in [6.07, 6.45) is 0.208. The topological polar surface area (TPSA) is 58.6 Å². The molecule has 0 saturated heterocycles. The van der Waals surface area contributed by atoms with Crippen LogP contribution in [0, 0.1) is 0 Å². The van der Waals surface area contributed by atoms with E-state index in [1.165, 1.54) is 0 Å². The predicted molar refractivity (Wildman–Crippen MR) is 75.1 cm³/mol. The van der Waals surface area contributed by atoms with E-state index in [9.17, 15) is 9.90 Å². The quantitative estimate of drug-likeness (QED) is 0.794. The van der Waals surface area contributed by atoms with Crippen LogP contribution in [0.15, 0.2) is 30.3 Å². The van der Waals surface area contributed by atoms with Crippen LogP contribution in [0.25, 0.3) is 0 Å². The summed E-state index contributed by atoms with van der Waals surface area (Å²) in [5.41, 5.74) is 0. The molecule has 0 fully saturated rings. The smallest absolute Gasteiger partial charge is 0.261 e. The van der Waals surface area contributed by atoms with Gasteiger partial charge >= 0.3 is 0 Å². The molecule has 0 spiro atoms. The molecule has 0 aliphatic heterocycles. The van der Waals surface area contributed by atoms with Gasteiger partial charge in [0.2, 0.25) is 0 Å². The highest BCUT2D eigenvalue weighted by Crippen LogP contribution is 2.12. The van der Waals surface area contributed by atoms with Gasteiger partial charge in [-0.15, -0.1) is 0 Å². The fourth-order valence-corrected chi connectivity index (χ4v) is 1.89. The Kier molecular flexibility index (Phi) is 6.36. The summed E-state index contributed by atoms with van der Waals surface area (Å²) in [6.45, 7) is 5.49. The number of carbonyl (C=O) groups excluding carboxylic acids is 1. The zero-order chi connectivity index (χ0) is 14.3. The van der Waals surface area contributed by atoms with Crippen molar-refractivity contribution >= 4 is 5.91 Å². The van der Waals surface area contributed by atoms with Crippen molar-refractivity contribution in [1.29, 1.82) is 0 Å². The van der Waals surface area contributed by atoms with E-state index in [0.717, 1.165) is 0 Å². The first-order valence-electron chi connectivity index (χ1n) is 6.73. The summed E-state index contributed by atoms with van der Waals surface area (Å²) < 4.78 is 5.66. The van der Waals surface area contributed by atoms with Crippen molar-refractivity contribution in [1.82, 2.24) is 5.32 Å². The molecule has 0 aliphatic rings. The SMILES string of the molecule is CCC(Oc1ccccc1)C(=O)NC(C)CC(C)O. The van der Waals surface area contributed by atoms with Gasteiger partial charge in [0.15, 0.2) is 6.10 Å². The number of nitrogens with one attached hydrogen (secondary N) is 1. The molecule has 0 aliphatic carbocycles. The second-order valence-corrected chi connectivity index (χ2v) is 4.82. The van der Waals surface area contributed by atoms with Crippen molar-refractivity contribution < 1.29 is 14.6 Å². The Balaban J connectivity index is 2.52. The van der Waals surface area contributed by atoms with E-state index in [4.69, 9.17) is 4.74 Å². The molecule has 2 N–H and O–H groups in total. The van der Waals surface area contributed by atoms with Gasteiger partial charge in [-0.05, 0) is 38.8 Å². The molecule has 3 unspecified atom stereocenters. The average molecular weight is 265 g/mol. The fraction of sp³-hybridized carbons (Fsp3) is 0.533. The first-order valence-corrected chi connectivity index (χ1v) is 6.73. The second-order valence-electron chi connectivity index (χ2n) is 4.82. The normalized spacial score (nSPS) is 15.4. The lowest BCUT2D eigenvalue weighted by Crippen LogP contribution is -2.43. The number of para-hydroxylation sites is 1. The Morgan fingerprint density at radius 3 is 2.47 bits per heavy atom. The minimum absolute atomic E-state index is 0.0686. The minimum Gasteiger partial charge on any atom is -0.481 e. The molecule has 4 nitrogen and oxygen atoms in total. The van der Waals surface area contributed by atoms with Crippen LogP contribution in [0.5, 0.6) is 5.75 Å². The van der Waals surface area contributed by atoms with Gasteiger partial charge in [0.1, 0.15) is 5.75 Å². The lowest BCUT2D eigenvalue weighted by molar-refractivity contribution is -0.128. The minimum atomic E-state index is -0.501. The summed E-state index contributed by atoms with van der Waals surface area (Å²) in [4.78, 5) is 12.1. The molecule has 0 heterocycles. The van der Waals surface area contributed by atoms with E-state index in [1.54, 1.807) is 6.92 Å². The number of hydrogen-bond donors (Lipinski definition) is 2. The molecule has 0 aromatic heterocycles. The molecule has 1 aromatic rings. The Hall–Kier alpha value is -1.55. The summed E-state index contributed by atoms with van der Waals surface area (Å²) in [5, 5.41) is 12.1. The van der Waals surface area contributed by atoms with Gasteiger partial charge in [-0.25, -0.2) is 0 Å². The van der Waals surface area contributed by atoms with Crippen LogP contribution >= 0.6 is 0 Å². The summed E-state index contributed by atoms with van der Waals surface area (Å²) in [7, 11) is 0. The van der Waals surface area contributed by atoms with Crippen LogP contribution in [0.4, 0.5) is 0 Å². The standard InChI is InChI=1S/C15H23NO3/c1-4-14(19-13-8-6-5-7-9-13)15(18)16-11(2)10-12(3)17/h5-9,11-12,14,17H,4,10H2,1-3H3,(H,16,18). The first-order chi connectivity index (χ1) is 9.02. The number of rotatable bonds is 7. The van der Waals surface area contributed by atoms with Crippen molar-refractivity contribution in [3.63, 3.8) is 0 Å². The van der Waals surface area contributed by atoms with Crippen LogP contribution in [0.2, 0.25) is 0 Å². The molecule has 1 amide bonds. The lowest BCUT2D eigenvalue weighted by atomic mass is 10.1. The van der Waals surface area contributed by atoms with Crippen LogP contribution in [0.3, 0.4) is 0 Å². The van der Waals surface area contributed by atoms with E-state index in [1.807, 2.05) is 44.2 Å². The monoisotopic (exact) mass is 265 g/mol. The van der Waals surface area contributed by atoms with Crippen molar-refractivity contribution in [2.75, 3.05) is 0 Å². The third-order valence-corrected chi connectivity index (χ3v) is 2.77. The number of aliphatic hydroxyl groups excluding tert-OH is 1. The number of aliphatic hydroxyl groups is 1. The third-order valence-electron chi connectivity index (χ3n) is 2.77. The van der Waals surface area contributed by atoms with Gasteiger partial charge in [-0.2, -0.15) is 0 Å². The number of hydrogen-bond acceptors (Lipinski definition) is 3. The number of carbonyl (C=O) groups is 1. The predicted octanol–water partition coefficient (Wildman–Crippen LogP) is 2.12. The van der Waals surface area contributed by atoms with Crippen molar-refractivity contribution in [2.45, 2.75) is 51.9 Å². The molecule has 19 heavy (non-hydrogen) atoms. The molecule has 0 saturated carbocycles. The summed E-state index contributed by atoms with van der Waals surface area (Å²) in [6, 6.07) is 9.23. The zero-order valence-corrected chi connectivity index (χ0v) is 11.8. The summed E-state index contributed by atoms with van der Waals surface area (Å²) >= 11 is 0. The van der Waals surface area contributed by atoms with E-state index in [-0.39, 0.29) is 11.9 Å². The van der Waals surface area contributed by atoms with Gasteiger partial charge in [0.25, 0.3) is 5.91 Å². The van der Waals surface area contributed by atoms with Gasteiger partial charge in [0, 0.05) is 6.04 Å².